The summed E-state index contributed by atoms with van der Waals surface area (Å²) in [5.41, 5.74) is 3.74. The van der Waals surface area contributed by atoms with Gasteiger partial charge in [-0.25, -0.2) is 4.98 Å². The Morgan fingerprint density at radius 1 is 0.909 bits per heavy atom. The van der Waals surface area contributed by atoms with Gasteiger partial charge in [0.05, 0.1) is 5.69 Å². The van der Waals surface area contributed by atoms with Gasteiger partial charge in [-0.2, -0.15) is 0 Å². The lowest BCUT2D eigenvalue weighted by atomic mass is 10.1. The van der Waals surface area contributed by atoms with E-state index in [1.54, 1.807) is 6.07 Å². The zero-order valence-corrected chi connectivity index (χ0v) is 12.7. The maximum absolute atomic E-state index is 9.87. The third-order valence-corrected chi connectivity index (χ3v) is 3.58. The van der Waals surface area contributed by atoms with E-state index in [2.05, 4.69) is 34.1 Å². The van der Waals surface area contributed by atoms with Crippen LogP contribution < -0.4 is 4.90 Å². The highest BCUT2D eigenvalue weighted by molar-refractivity contribution is 5.85. The first-order valence-corrected chi connectivity index (χ1v) is 7.18. The molecule has 0 aliphatic rings. The molecule has 0 fully saturated rings. The third-order valence-electron chi connectivity index (χ3n) is 3.58. The quantitative estimate of drug-likeness (QED) is 0.786. The molecule has 110 valence electrons. The molecule has 1 heterocycles. The first kappa shape index (κ1) is 14.1. The molecule has 3 nitrogen and oxygen atoms in total. The van der Waals surface area contributed by atoms with E-state index in [0.717, 1.165) is 16.6 Å². The maximum atomic E-state index is 9.87. The summed E-state index contributed by atoms with van der Waals surface area (Å²) in [6.45, 7) is 0. The molecule has 0 aliphatic carbocycles. The molecule has 0 spiro atoms. The molecule has 0 radical (unpaired) electrons. The van der Waals surface area contributed by atoms with Crippen LogP contribution in [0.2, 0.25) is 0 Å². The molecule has 0 bridgehead atoms. The van der Waals surface area contributed by atoms with Gasteiger partial charge in [0.25, 0.3) is 0 Å². The largest absolute Gasteiger partial charge is 0.506 e. The van der Waals surface area contributed by atoms with Gasteiger partial charge in [-0.15, -0.1) is 0 Å². The molecular weight excluding hydrogens is 272 g/mol. The molecule has 2 aromatic carbocycles. The van der Waals surface area contributed by atoms with Crippen molar-refractivity contribution in [3.8, 4) is 5.75 Å². The van der Waals surface area contributed by atoms with Crippen molar-refractivity contribution in [2.45, 2.75) is 0 Å². The van der Waals surface area contributed by atoms with E-state index in [0.29, 0.717) is 5.52 Å². The van der Waals surface area contributed by atoms with Crippen LogP contribution in [-0.4, -0.2) is 24.2 Å². The van der Waals surface area contributed by atoms with Gasteiger partial charge in [-0.1, -0.05) is 36.4 Å². The van der Waals surface area contributed by atoms with Gasteiger partial charge in [-0.05, 0) is 35.9 Å². The number of rotatable bonds is 3. The normalized spacial score (nSPS) is 11.2. The van der Waals surface area contributed by atoms with E-state index in [9.17, 15) is 5.11 Å². The van der Waals surface area contributed by atoms with Crippen molar-refractivity contribution < 1.29 is 5.11 Å². The van der Waals surface area contributed by atoms with E-state index in [-0.39, 0.29) is 5.75 Å². The fourth-order valence-electron chi connectivity index (χ4n) is 2.30. The number of fused-ring (bicyclic) bond motifs is 1. The monoisotopic (exact) mass is 290 g/mol. The number of hydrogen-bond donors (Lipinski definition) is 1. The van der Waals surface area contributed by atoms with Gasteiger partial charge < -0.3 is 10.0 Å². The Kier molecular flexibility index (Phi) is 3.79. The summed E-state index contributed by atoms with van der Waals surface area (Å²) in [6.07, 6.45) is 3.98. The number of anilines is 1. The molecule has 3 rings (SSSR count). The molecule has 0 unspecified atom stereocenters. The second-order valence-electron chi connectivity index (χ2n) is 5.40. The van der Waals surface area contributed by atoms with Crippen LogP contribution in [0.1, 0.15) is 11.3 Å². The highest BCUT2D eigenvalue weighted by atomic mass is 16.3. The summed E-state index contributed by atoms with van der Waals surface area (Å²) >= 11 is 0. The molecule has 0 saturated carbocycles. The van der Waals surface area contributed by atoms with Gasteiger partial charge in [-0.3, -0.25) is 0 Å². The molecule has 1 aromatic heterocycles. The second kappa shape index (κ2) is 5.90. The van der Waals surface area contributed by atoms with Gasteiger partial charge in [0.2, 0.25) is 0 Å². The Hall–Kier alpha value is -2.81. The summed E-state index contributed by atoms with van der Waals surface area (Å²) in [5.74, 6) is 0.211. The summed E-state index contributed by atoms with van der Waals surface area (Å²) in [7, 11) is 4.05. The van der Waals surface area contributed by atoms with Gasteiger partial charge >= 0.3 is 0 Å². The molecule has 1 N–H and O–H groups in total. The smallest absolute Gasteiger partial charge is 0.141 e. The van der Waals surface area contributed by atoms with Crippen molar-refractivity contribution in [2.24, 2.45) is 0 Å². The Bertz CT molecular complexity index is 820. The van der Waals surface area contributed by atoms with Gasteiger partial charge in [0.15, 0.2) is 0 Å². The molecule has 0 atom stereocenters. The summed E-state index contributed by atoms with van der Waals surface area (Å²) in [4.78, 5) is 6.56. The Balaban J connectivity index is 1.87. The molecule has 22 heavy (non-hydrogen) atoms. The predicted octanol–water partition coefficient (Wildman–Crippen LogP) is 4.18. The molecule has 3 heteroatoms. The molecular formula is C19H18N2O. The van der Waals surface area contributed by atoms with Crippen molar-refractivity contribution >= 4 is 28.7 Å². The van der Waals surface area contributed by atoms with Crippen molar-refractivity contribution in [1.29, 1.82) is 0 Å². The number of phenolic OH excluding ortho intramolecular Hbond substituents is 1. The average Bonchev–Trinajstić information content (AvgIpc) is 2.54. The number of benzene rings is 2. The number of para-hydroxylation sites is 1. The van der Waals surface area contributed by atoms with E-state index in [1.165, 1.54) is 5.69 Å². The Labute approximate surface area is 130 Å². The zero-order valence-electron chi connectivity index (χ0n) is 12.7. The van der Waals surface area contributed by atoms with E-state index in [1.807, 2.05) is 50.5 Å². The average molecular weight is 290 g/mol. The van der Waals surface area contributed by atoms with E-state index >= 15 is 0 Å². The predicted molar refractivity (Wildman–Crippen MR) is 93.1 cm³/mol. The number of aromatic hydroxyl groups is 1. The van der Waals surface area contributed by atoms with Crippen LogP contribution in [0.3, 0.4) is 0 Å². The molecule has 0 amide bonds. The van der Waals surface area contributed by atoms with Gasteiger partial charge in [0, 0.05) is 25.2 Å². The van der Waals surface area contributed by atoms with Crippen molar-refractivity contribution in [3.05, 3.63) is 65.9 Å². The second-order valence-corrected chi connectivity index (χ2v) is 5.40. The van der Waals surface area contributed by atoms with Crippen LogP contribution in [-0.2, 0) is 0 Å². The summed E-state index contributed by atoms with van der Waals surface area (Å²) in [6, 6.07) is 17.6. The minimum absolute atomic E-state index is 0.211. The van der Waals surface area contributed by atoms with Gasteiger partial charge in [0.1, 0.15) is 11.3 Å². The number of aromatic nitrogens is 1. The van der Waals surface area contributed by atoms with Crippen LogP contribution in [0.5, 0.6) is 5.75 Å². The van der Waals surface area contributed by atoms with Crippen LogP contribution >= 0.6 is 0 Å². The highest BCUT2D eigenvalue weighted by Gasteiger charge is 2.01. The van der Waals surface area contributed by atoms with Crippen LogP contribution in [0, 0.1) is 0 Å². The Morgan fingerprint density at radius 2 is 1.68 bits per heavy atom. The topological polar surface area (TPSA) is 36.4 Å². The third kappa shape index (κ3) is 2.93. The number of phenols is 1. The zero-order chi connectivity index (χ0) is 15.5. The summed E-state index contributed by atoms with van der Waals surface area (Å²) < 4.78 is 0. The van der Waals surface area contributed by atoms with Crippen LogP contribution in [0.15, 0.2) is 54.6 Å². The van der Waals surface area contributed by atoms with E-state index in [4.69, 9.17) is 0 Å². The molecule has 0 aliphatic heterocycles. The lowest BCUT2D eigenvalue weighted by molar-refractivity contribution is 0.480. The SMILES string of the molecule is CN(C)c1ccc(/C=C/c2ccc3cccc(O)c3n2)cc1. The number of hydrogen-bond acceptors (Lipinski definition) is 3. The highest BCUT2D eigenvalue weighted by Crippen LogP contribution is 2.23. The first-order chi connectivity index (χ1) is 10.6. The van der Waals surface area contributed by atoms with Crippen molar-refractivity contribution in [1.82, 2.24) is 4.98 Å². The van der Waals surface area contributed by atoms with Crippen molar-refractivity contribution in [3.63, 3.8) is 0 Å². The molecule has 3 aromatic rings. The minimum atomic E-state index is 0.211. The molecule has 0 saturated heterocycles. The van der Waals surface area contributed by atoms with Crippen LogP contribution in [0.4, 0.5) is 5.69 Å². The summed E-state index contributed by atoms with van der Waals surface area (Å²) in [5, 5.41) is 10.8. The van der Waals surface area contributed by atoms with Crippen molar-refractivity contribution in [2.75, 3.05) is 19.0 Å². The minimum Gasteiger partial charge on any atom is -0.506 e. The van der Waals surface area contributed by atoms with E-state index < -0.39 is 0 Å². The first-order valence-electron chi connectivity index (χ1n) is 7.18. The number of pyridine rings is 1. The fourth-order valence-corrected chi connectivity index (χ4v) is 2.30. The Morgan fingerprint density at radius 3 is 2.41 bits per heavy atom. The number of nitrogens with zero attached hydrogens (tertiary/aromatic N) is 2. The standard InChI is InChI=1S/C19H18N2O/c1-21(2)17-12-7-14(8-13-17)6-10-16-11-9-15-4-3-5-18(22)19(15)20-16/h3-13,22H,1-2H3/b10-6+. The van der Waals surface area contributed by atoms with Crippen LogP contribution in [0.25, 0.3) is 23.1 Å². The maximum Gasteiger partial charge on any atom is 0.141 e. The lowest BCUT2D eigenvalue weighted by Crippen LogP contribution is -2.07. The fraction of sp³-hybridized carbons (Fsp3) is 0.105. The lowest BCUT2D eigenvalue weighted by Gasteiger charge is -2.11.